The van der Waals surface area contributed by atoms with E-state index in [1.165, 1.54) is 0 Å². The maximum Gasteiger partial charge on any atom is 0.124 e. The predicted octanol–water partition coefficient (Wildman–Crippen LogP) is -1.91. The maximum absolute atomic E-state index is 9.87. The molecule has 0 heterocycles. The van der Waals surface area contributed by atoms with Crippen molar-refractivity contribution in [3.63, 3.8) is 0 Å². The highest BCUT2D eigenvalue weighted by Gasteiger charge is 2.17. The summed E-state index contributed by atoms with van der Waals surface area (Å²) in [4.78, 5) is 0. The van der Waals surface area contributed by atoms with E-state index >= 15 is 0 Å². The Bertz CT molecular complexity index is 331. The van der Waals surface area contributed by atoms with Crippen LogP contribution < -0.4 is 27.6 Å². The Morgan fingerprint density at radius 2 is 1.88 bits per heavy atom. The average Bonchev–Trinajstić information content (AvgIpc) is 2.27. The Kier molecular flexibility index (Phi) is 6.18. The van der Waals surface area contributed by atoms with Crippen molar-refractivity contribution >= 4 is 0 Å². The summed E-state index contributed by atoms with van der Waals surface area (Å²) in [5.74, 6) is 1.28. The number of aliphatic hydroxyl groups is 1. The first kappa shape index (κ1) is 15.0. The van der Waals surface area contributed by atoms with Crippen molar-refractivity contribution in [3.05, 3.63) is 23.8 Å². The number of halogens is 1. The molecular formula is C11H17ClNO3-. The molecule has 1 aromatic carbocycles. The lowest BCUT2D eigenvalue weighted by Gasteiger charge is -2.18. The minimum atomic E-state index is -0.755. The van der Waals surface area contributed by atoms with Crippen LogP contribution in [0.25, 0.3) is 0 Å². The lowest BCUT2D eigenvalue weighted by Crippen LogP contribution is -3.00. The lowest BCUT2D eigenvalue weighted by molar-refractivity contribution is -0.00000531. The van der Waals surface area contributed by atoms with Gasteiger partial charge in [0.05, 0.1) is 20.3 Å². The minimum Gasteiger partial charge on any atom is -1.00 e. The zero-order valence-electron chi connectivity index (χ0n) is 9.61. The summed E-state index contributed by atoms with van der Waals surface area (Å²) in [7, 11) is 3.13. The summed E-state index contributed by atoms with van der Waals surface area (Å²) in [6, 6.07) is 4.90. The van der Waals surface area contributed by atoms with Gasteiger partial charge in [0.2, 0.25) is 0 Å². The van der Waals surface area contributed by atoms with Crippen molar-refractivity contribution in [1.29, 1.82) is 0 Å². The number of hydrogen-bond acceptors (Lipinski definition) is 4. The standard InChI is InChI=1S/C11H17NO3.ClH/c1-7(12)11(13)9-6-8(14-2)4-5-10(9)15-3;/h4-7,11,13H,12H2,1-3H3;1H/p-1. The minimum absolute atomic E-state index is 0. The van der Waals surface area contributed by atoms with Crippen LogP contribution in [-0.2, 0) is 0 Å². The van der Waals surface area contributed by atoms with E-state index in [1.807, 2.05) is 0 Å². The second-order valence-electron chi connectivity index (χ2n) is 3.41. The quantitative estimate of drug-likeness (QED) is 0.651. The molecule has 0 amide bonds. The van der Waals surface area contributed by atoms with Crippen LogP contribution in [0.15, 0.2) is 18.2 Å². The normalized spacial score (nSPS) is 13.6. The van der Waals surface area contributed by atoms with Crippen LogP contribution in [0, 0.1) is 0 Å². The van der Waals surface area contributed by atoms with Gasteiger partial charge in [-0.3, -0.25) is 0 Å². The van der Waals surface area contributed by atoms with E-state index in [9.17, 15) is 5.11 Å². The van der Waals surface area contributed by atoms with Gasteiger partial charge in [0, 0.05) is 11.6 Å². The average molecular weight is 247 g/mol. The number of nitrogens with two attached hydrogens (primary N) is 1. The third kappa shape index (κ3) is 3.27. The third-order valence-electron chi connectivity index (χ3n) is 2.25. The monoisotopic (exact) mass is 246 g/mol. The molecule has 0 aliphatic heterocycles. The molecule has 16 heavy (non-hydrogen) atoms. The number of hydrogen-bond donors (Lipinski definition) is 2. The Hall–Kier alpha value is -0.970. The van der Waals surface area contributed by atoms with Crippen molar-refractivity contribution in [2.24, 2.45) is 5.73 Å². The molecule has 0 saturated carbocycles. The van der Waals surface area contributed by atoms with Gasteiger partial charge < -0.3 is 32.7 Å². The fourth-order valence-corrected chi connectivity index (χ4v) is 1.35. The van der Waals surface area contributed by atoms with Crippen LogP contribution in [0.4, 0.5) is 0 Å². The molecular weight excluding hydrogens is 230 g/mol. The van der Waals surface area contributed by atoms with E-state index in [1.54, 1.807) is 39.3 Å². The number of methoxy groups -OCH3 is 2. The third-order valence-corrected chi connectivity index (χ3v) is 2.25. The SMILES string of the molecule is COc1ccc(OC)c(C(O)C(C)N)c1.[Cl-]. The Labute approximate surface area is 102 Å². The molecule has 3 N–H and O–H groups in total. The van der Waals surface area contributed by atoms with Gasteiger partial charge in [-0.2, -0.15) is 0 Å². The first-order chi connectivity index (χ1) is 7.10. The van der Waals surface area contributed by atoms with E-state index in [2.05, 4.69) is 0 Å². The van der Waals surface area contributed by atoms with Gasteiger partial charge in [0.1, 0.15) is 11.5 Å². The highest BCUT2D eigenvalue weighted by molar-refractivity contribution is 5.42. The van der Waals surface area contributed by atoms with Crippen molar-refractivity contribution in [2.45, 2.75) is 19.1 Å². The Balaban J connectivity index is 0.00000225. The van der Waals surface area contributed by atoms with Gasteiger partial charge in [0.25, 0.3) is 0 Å². The molecule has 2 unspecified atom stereocenters. The van der Waals surface area contributed by atoms with Gasteiger partial charge in [0.15, 0.2) is 0 Å². The number of rotatable bonds is 4. The maximum atomic E-state index is 9.87. The van der Waals surface area contributed by atoms with E-state index in [0.717, 1.165) is 0 Å². The van der Waals surface area contributed by atoms with E-state index in [0.29, 0.717) is 17.1 Å². The second kappa shape index (κ2) is 6.58. The first-order valence-electron chi connectivity index (χ1n) is 4.75. The highest BCUT2D eigenvalue weighted by atomic mass is 35.5. The number of benzene rings is 1. The molecule has 1 aromatic rings. The van der Waals surface area contributed by atoms with Crippen molar-refractivity contribution < 1.29 is 27.0 Å². The van der Waals surface area contributed by atoms with E-state index in [4.69, 9.17) is 15.2 Å². The Morgan fingerprint density at radius 1 is 1.25 bits per heavy atom. The zero-order chi connectivity index (χ0) is 11.4. The van der Waals surface area contributed by atoms with Crippen LogP contribution in [0.2, 0.25) is 0 Å². The molecule has 92 valence electrons. The van der Waals surface area contributed by atoms with Crippen LogP contribution in [0.1, 0.15) is 18.6 Å². The lowest BCUT2D eigenvalue weighted by atomic mass is 10.0. The summed E-state index contributed by atoms with van der Waals surface area (Å²) in [6.45, 7) is 1.74. The van der Waals surface area contributed by atoms with Crippen molar-refractivity contribution in [2.75, 3.05) is 14.2 Å². The van der Waals surface area contributed by atoms with E-state index in [-0.39, 0.29) is 18.4 Å². The molecule has 2 atom stereocenters. The zero-order valence-corrected chi connectivity index (χ0v) is 10.4. The first-order valence-corrected chi connectivity index (χ1v) is 4.75. The highest BCUT2D eigenvalue weighted by Crippen LogP contribution is 2.30. The molecule has 0 fully saturated rings. The molecule has 0 bridgehead atoms. The molecule has 0 aromatic heterocycles. The van der Waals surface area contributed by atoms with Gasteiger partial charge in [-0.05, 0) is 25.1 Å². The van der Waals surface area contributed by atoms with Crippen molar-refractivity contribution in [3.8, 4) is 11.5 Å². The van der Waals surface area contributed by atoms with Gasteiger partial charge in [-0.25, -0.2) is 0 Å². The summed E-state index contributed by atoms with van der Waals surface area (Å²) < 4.78 is 10.2. The summed E-state index contributed by atoms with van der Waals surface area (Å²) in [5.41, 5.74) is 6.28. The molecule has 0 radical (unpaired) electrons. The number of ether oxygens (including phenoxy) is 2. The van der Waals surface area contributed by atoms with Crippen LogP contribution >= 0.6 is 0 Å². The topological polar surface area (TPSA) is 64.7 Å². The van der Waals surface area contributed by atoms with Crippen LogP contribution in [0.3, 0.4) is 0 Å². The van der Waals surface area contributed by atoms with Crippen LogP contribution in [-0.4, -0.2) is 25.4 Å². The van der Waals surface area contributed by atoms with Crippen molar-refractivity contribution in [1.82, 2.24) is 0 Å². The predicted molar refractivity (Wildman–Crippen MR) is 58.2 cm³/mol. The smallest absolute Gasteiger partial charge is 0.124 e. The number of aliphatic hydroxyl groups excluding tert-OH is 1. The molecule has 0 aliphatic rings. The van der Waals surface area contributed by atoms with Crippen LogP contribution in [0.5, 0.6) is 11.5 Å². The Morgan fingerprint density at radius 3 is 2.31 bits per heavy atom. The fourth-order valence-electron chi connectivity index (χ4n) is 1.35. The largest absolute Gasteiger partial charge is 1.00 e. The van der Waals surface area contributed by atoms with Gasteiger partial charge >= 0.3 is 0 Å². The van der Waals surface area contributed by atoms with Gasteiger partial charge in [-0.1, -0.05) is 0 Å². The fraction of sp³-hybridized carbons (Fsp3) is 0.455. The summed E-state index contributed by atoms with van der Waals surface area (Å²) in [6.07, 6.45) is -0.755. The summed E-state index contributed by atoms with van der Waals surface area (Å²) in [5, 5.41) is 9.87. The molecule has 0 saturated heterocycles. The van der Waals surface area contributed by atoms with Gasteiger partial charge in [-0.15, -0.1) is 0 Å². The molecule has 0 aliphatic carbocycles. The second-order valence-corrected chi connectivity index (χ2v) is 3.41. The molecule has 5 heteroatoms. The molecule has 0 spiro atoms. The molecule has 1 rings (SSSR count). The van der Waals surface area contributed by atoms with E-state index < -0.39 is 6.10 Å². The molecule has 4 nitrogen and oxygen atoms in total. The summed E-state index contributed by atoms with van der Waals surface area (Å²) >= 11 is 0.